The summed E-state index contributed by atoms with van der Waals surface area (Å²) in [5.74, 6) is 0.250. The Morgan fingerprint density at radius 3 is 2.74 bits per heavy atom. The van der Waals surface area contributed by atoms with Crippen molar-refractivity contribution in [2.24, 2.45) is 0 Å². The van der Waals surface area contributed by atoms with E-state index < -0.39 is 0 Å². The van der Waals surface area contributed by atoms with Crippen LogP contribution in [0.2, 0.25) is 0 Å². The lowest BCUT2D eigenvalue weighted by Gasteiger charge is -2.10. The van der Waals surface area contributed by atoms with Crippen LogP contribution in [0, 0.1) is 12.7 Å². The van der Waals surface area contributed by atoms with Gasteiger partial charge in [0.25, 0.3) is 11.4 Å². The molecule has 4 rings (SSSR count). The molecule has 0 unspecified atom stereocenters. The Morgan fingerprint density at radius 2 is 1.96 bits per heavy atom. The van der Waals surface area contributed by atoms with Crippen LogP contribution >= 0.6 is 0 Å². The summed E-state index contributed by atoms with van der Waals surface area (Å²) in [5, 5.41) is 3.99. The van der Waals surface area contributed by atoms with Crippen LogP contribution in [0.25, 0.3) is 33.9 Å². The number of hydrogen-bond acceptors (Lipinski definition) is 5. The molecule has 136 valence electrons. The quantitative estimate of drug-likeness (QED) is 0.548. The summed E-state index contributed by atoms with van der Waals surface area (Å²) in [6, 6.07) is 11.5. The van der Waals surface area contributed by atoms with Gasteiger partial charge < -0.3 is 9.09 Å². The van der Waals surface area contributed by atoms with Crippen molar-refractivity contribution < 1.29 is 8.91 Å². The summed E-state index contributed by atoms with van der Waals surface area (Å²) in [6.07, 6.45) is 0.849. The number of aryl methyl sites for hydroxylation is 2. The second kappa shape index (κ2) is 6.75. The summed E-state index contributed by atoms with van der Waals surface area (Å²) in [7, 11) is 0. The second-order valence-electron chi connectivity index (χ2n) is 6.29. The van der Waals surface area contributed by atoms with Gasteiger partial charge in [0.2, 0.25) is 5.82 Å². The number of fused-ring (bicyclic) bond motifs is 1. The van der Waals surface area contributed by atoms with Gasteiger partial charge in [-0.1, -0.05) is 18.1 Å². The first-order valence-electron chi connectivity index (χ1n) is 8.68. The molecule has 0 saturated carbocycles. The highest BCUT2D eigenvalue weighted by molar-refractivity contribution is 5.80. The SMILES string of the molecule is CCCn1c(=O)c(C)nc2cc(-c3noc(-c4cccc(F)c4)n3)ccc21. The average molecular weight is 364 g/mol. The Hall–Kier alpha value is -3.35. The number of aromatic nitrogens is 4. The lowest BCUT2D eigenvalue weighted by atomic mass is 10.1. The molecule has 0 saturated heterocycles. The van der Waals surface area contributed by atoms with E-state index in [1.54, 1.807) is 23.6 Å². The van der Waals surface area contributed by atoms with E-state index >= 15 is 0 Å². The fraction of sp³-hybridized carbons (Fsp3) is 0.200. The first kappa shape index (κ1) is 17.1. The Kier molecular flexibility index (Phi) is 4.27. The maximum Gasteiger partial charge on any atom is 0.272 e. The average Bonchev–Trinajstić information content (AvgIpc) is 3.15. The molecule has 6 nitrogen and oxygen atoms in total. The van der Waals surface area contributed by atoms with E-state index in [1.165, 1.54) is 12.1 Å². The Bertz CT molecular complexity index is 1200. The van der Waals surface area contributed by atoms with E-state index in [0.29, 0.717) is 34.7 Å². The highest BCUT2D eigenvalue weighted by atomic mass is 19.1. The third-order valence-corrected chi connectivity index (χ3v) is 4.31. The Balaban J connectivity index is 1.79. The van der Waals surface area contributed by atoms with Gasteiger partial charge >= 0.3 is 0 Å². The van der Waals surface area contributed by atoms with Gasteiger partial charge in [-0.05, 0) is 49.7 Å². The maximum atomic E-state index is 13.4. The fourth-order valence-electron chi connectivity index (χ4n) is 3.04. The molecule has 0 N–H and O–H groups in total. The first-order valence-corrected chi connectivity index (χ1v) is 8.68. The Labute approximate surface area is 154 Å². The zero-order valence-electron chi connectivity index (χ0n) is 14.9. The van der Waals surface area contributed by atoms with Gasteiger partial charge in [-0.2, -0.15) is 4.98 Å². The topological polar surface area (TPSA) is 73.8 Å². The minimum absolute atomic E-state index is 0.0787. The zero-order valence-corrected chi connectivity index (χ0v) is 14.9. The van der Waals surface area contributed by atoms with Crippen LogP contribution in [0.15, 0.2) is 51.8 Å². The molecule has 0 aliphatic rings. The predicted molar refractivity (Wildman–Crippen MR) is 99.7 cm³/mol. The van der Waals surface area contributed by atoms with Crippen molar-refractivity contribution in [3.63, 3.8) is 0 Å². The molecule has 27 heavy (non-hydrogen) atoms. The minimum atomic E-state index is -0.369. The summed E-state index contributed by atoms with van der Waals surface area (Å²) in [4.78, 5) is 21.1. The number of halogens is 1. The van der Waals surface area contributed by atoms with Gasteiger partial charge in [-0.25, -0.2) is 9.37 Å². The molecule has 0 spiro atoms. The highest BCUT2D eigenvalue weighted by Crippen LogP contribution is 2.25. The lowest BCUT2D eigenvalue weighted by molar-refractivity contribution is 0.432. The second-order valence-corrected chi connectivity index (χ2v) is 6.29. The number of hydrogen-bond donors (Lipinski definition) is 0. The van der Waals surface area contributed by atoms with Crippen molar-refractivity contribution in [1.29, 1.82) is 0 Å². The van der Waals surface area contributed by atoms with Crippen molar-refractivity contribution in [2.45, 2.75) is 26.8 Å². The molecule has 4 aromatic rings. The van der Waals surface area contributed by atoms with Crippen molar-refractivity contribution >= 4 is 11.0 Å². The van der Waals surface area contributed by atoms with E-state index in [0.717, 1.165) is 11.9 Å². The molecule has 2 aromatic heterocycles. The van der Waals surface area contributed by atoms with Gasteiger partial charge in [0.1, 0.15) is 11.5 Å². The van der Waals surface area contributed by atoms with Crippen LogP contribution in [0.3, 0.4) is 0 Å². The predicted octanol–water partition coefficient (Wildman–Crippen LogP) is 3.97. The van der Waals surface area contributed by atoms with Crippen LogP contribution in [-0.2, 0) is 6.54 Å². The van der Waals surface area contributed by atoms with E-state index in [1.807, 2.05) is 25.1 Å². The molecular weight excluding hydrogens is 347 g/mol. The maximum absolute atomic E-state index is 13.4. The largest absolute Gasteiger partial charge is 0.334 e. The smallest absolute Gasteiger partial charge is 0.272 e. The minimum Gasteiger partial charge on any atom is -0.334 e. The first-order chi connectivity index (χ1) is 13.1. The van der Waals surface area contributed by atoms with E-state index in [2.05, 4.69) is 15.1 Å². The molecule has 2 aromatic carbocycles. The lowest BCUT2D eigenvalue weighted by Crippen LogP contribution is -2.24. The summed E-state index contributed by atoms with van der Waals surface area (Å²) >= 11 is 0. The third kappa shape index (κ3) is 3.12. The molecule has 0 amide bonds. The van der Waals surface area contributed by atoms with Gasteiger partial charge in [0.15, 0.2) is 0 Å². The summed E-state index contributed by atoms with van der Waals surface area (Å²) in [5.41, 5.74) is 3.05. The van der Waals surface area contributed by atoms with Crippen molar-refractivity contribution in [3.8, 4) is 22.8 Å². The summed E-state index contributed by atoms with van der Waals surface area (Å²) < 4.78 is 20.4. The molecule has 2 heterocycles. The molecular formula is C20H17FN4O2. The number of nitrogens with zero attached hydrogens (tertiary/aromatic N) is 4. The van der Waals surface area contributed by atoms with Gasteiger partial charge in [-0.3, -0.25) is 4.79 Å². The van der Waals surface area contributed by atoms with Crippen LogP contribution in [0.5, 0.6) is 0 Å². The molecule has 0 bridgehead atoms. The zero-order chi connectivity index (χ0) is 19.0. The van der Waals surface area contributed by atoms with Crippen LogP contribution in [0.1, 0.15) is 19.0 Å². The monoisotopic (exact) mass is 364 g/mol. The molecule has 0 fully saturated rings. The van der Waals surface area contributed by atoms with E-state index in [9.17, 15) is 9.18 Å². The Morgan fingerprint density at radius 1 is 1.11 bits per heavy atom. The fourth-order valence-corrected chi connectivity index (χ4v) is 3.04. The molecule has 0 atom stereocenters. The molecule has 7 heteroatoms. The molecule has 0 aliphatic carbocycles. The van der Waals surface area contributed by atoms with Crippen LogP contribution in [0.4, 0.5) is 4.39 Å². The summed E-state index contributed by atoms with van der Waals surface area (Å²) in [6.45, 7) is 4.36. The van der Waals surface area contributed by atoms with Crippen LogP contribution in [-0.4, -0.2) is 19.7 Å². The van der Waals surface area contributed by atoms with E-state index in [4.69, 9.17) is 4.52 Å². The van der Waals surface area contributed by atoms with E-state index in [-0.39, 0.29) is 17.3 Å². The molecule has 0 aliphatic heterocycles. The van der Waals surface area contributed by atoms with Crippen LogP contribution < -0.4 is 5.56 Å². The highest BCUT2D eigenvalue weighted by Gasteiger charge is 2.14. The third-order valence-electron chi connectivity index (χ3n) is 4.31. The standard InChI is InChI=1S/C20H17FN4O2/c1-3-9-25-17-8-7-13(11-16(17)22-12(2)20(25)26)18-23-19(27-24-18)14-5-4-6-15(21)10-14/h4-8,10-11H,3,9H2,1-2H3. The molecule has 0 radical (unpaired) electrons. The van der Waals surface area contributed by atoms with Crippen molar-refractivity contribution in [3.05, 3.63) is 64.3 Å². The van der Waals surface area contributed by atoms with Gasteiger partial charge in [-0.15, -0.1) is 0 Å². The van der Waals surface area contributed by atoms with Crippen molar-refractivity contribution in [1.82, 2.24) is 19.7 Å². The van der Waals surface area contributed by atoms with Gasteiger partial charge in [0.05, 0.1) is 11.0 Å². The van der Waals surface area contributed by atoms with Gasteiger partial charge in [0, 0.05) is 17.7 Å². The van der Waals surface area contributed by atoms with Crippen molar-refractivity contribution in [2.75, 3.05) is 0 Å². The normalized spacial score (nSPS) is 11.2. The number of rotatable bonds is 4. The number of benzene rings is 2.